The van der Waals surface area contributed by atoms with E-state index in [0.717, 1.165) is 6.54 Å². The summed E-state index contributed by atoms with van der Waals surface area (Å²) in [5.41, 5.74) is 0. The third-order valence-corrected chi connectivity index (χ3v) is 5.47. The first-order chi connectivity index (χ1) is 8.29. The number of hydrogen-bond donors (Lipinski definition) is 2. The van der Waals surface area contributed by atoms with Gasteiger partial charge in [-0.1, -0.05) is 11.6 Å². The molecule has 4 nitrogen and oxygen atoms in total. The zero-order valence-corrected chi connectivity index (χ0v) is 12.0. The van der Waals surface area contributed by atoms with Crippen LogP contribution in [0.2, 0.25) is 5.02 Å². The monoisotopic (exact) mass is 290 g/mol. The zero-order valence-electron chi connectivity index (χ0n) is 9.57. The van der Waals surface area contributed by atoms with E-state index < -0.39 is 0 Å². The minimum atomic E-state index is 0.567. The van der Waals surface area contributed by atoms with Gasteiger partial charge in [0.05, 0.1) is 6.20 Å². The van der Waals surface area contributed by atoms with Gasteiger partial charge in [-0.05, 0) is 0 Å². The third kappa shape index (κ3) is 3.82. The van der Waals surface area contributed by atoms with Gasteiger partial charge in [-0.3, -0.25) is 0 Å². The summed E-state index contributed by atoms with van der Waals surface area (Å²) in [4.78, 5) is 8.34. The van der Waals surface area contributed by atoms with Crippen LogP contribution >= 0.6 is 35.1 Å². The maximum atomic E-state index is 6.04. The Bertz CT molecular complexity index is 371. The first-order valence-corrected chi connectivity index (χ1v) is 8.01. The quantitative estimate of drug-likeness (QED) is 0.888. The van der Waals surface area contributed by atoms with Crippen LogP contribution in [0.5, 0.6) is 0 Å². The second kappa shape index (κ2) is 6.56. The Morgan fingerprint density at radius 2 is 2.41 bits per heavy atom. The van der Waals surface area contributed by atoms with Crippen LogP contribution < -0.4 is 10.6 Å². The minimum absolute atomic E-state index is 0.567. The van der Waals surface area contributed by atoms with Crippen molar-refractivity contribution in [3.8, 4) is 0 Å². The van der Waals surface area contributed by atoms with Crippen molar-refractivity contribution in [2.24, 2.45) is 0 Å². The molecule has 2 heterocycles. The molecule has 0 amide bonds. The molecule has 1 saturated heterocycles. The summed E-state index contributed by atoms with van der Waals surface area (Å²) < 4.78 is 0. The van der Waals surface area contributed by atoms with E-state index in [1.165, 1.54) is 17.3 Å². The van der Waals surface area contributed by atoms with E-state index in [-0.39, 0.29) is 0 Å². The fraction of sp³-hybridized carbons (Fsp3) is 0.600. The lowest BCUT2D eigenvalue weighted by molar-refractivity contribution is 0.988. The number of hydrogen-bond acceptors (Lipinski definition) is 6. The molecule has 1 atom stereocenters. The van der Waals surface area contributed by atoms with Crippen LogP contribution in [-0.2, 0) is 0 Å². The van der Waals surface area contributed by atoms with Crippen LogP contribution in [0.4, 0.5) is 11.8 Å². The zero-order chi connectivity index (χ0) is 12.1. The molecule has 1 aliphatic rings. The largest absolute Gasteiger partial charge is 0.368 e. The molecule has 2 N–H and O–H groups in total. The summed E-state index contributed by atoms with van der Waals surface area (Å²) in [5, 5.41) is 7.41. The molecule has 1 aromatic heterocycles. The van der Waals surface area contributed by atoms with Gasteiger partial charge in [0, 0.05) is 36.1 Å². The van der Waals surface area contributed by atoms with Gasteiger partial charge >= 0.3 is 0 Å². The van der Waals surface area contributed by atoms with Gasteiger partial charge in [0.1, 0.15) is 5.02 Å². The van der Waals surface area contributed by atoms with Gasteiger partial charge in [-0.25, -0.2) is 4.98 Å². The standard InChI is InChI=1S/C10H15ClN4S2/c1-12-10-14-5-8(11)9(15-10)13-4-7-6-16-2-3-17-7/h5,7H,2-4,6H2,1H3,(H2,12,13,14,15). The molecule has 7 heteroatoms. The molecular weight excluding hydrogens is 276 g/mol. The van der Waals surface area contributed by atoms with E-state index in [2.05, 4.69) is 20.6 Å². The molecule has 0 aliphatic carbocycles. The Kier molecular flexibility index (Phi) is 5.06. The Balaban J connectivity index is 1.92. The van der Waals surface area contributed by atoms with Gasteiger partial charge in [0.2, 0.25) is 5.95 Å². The van der Waals surface area contributed by atoms with E-state index in [1.807, 2.05) is 23.5 Å². The smallest absolute Gasteiger partial charge is 0.224 e. The molecule has 2 rings (SSSR count). The van der Waals surface area contributed by atoms with E-state index in [1.54, 1.807) is 13.2 Å². The average molecular weight is 291 g/mol. The second-order valence-electron chi connectivity index (χ2n) is 3.59. The molecule has 0 bridgehead atoms. The van der Waals surface area contributed by atoms with Crippen LogP contribution in [0, 0.1) is 0 Å². The predicted octanol–water partition coefficient (Wildman–Crippen LogP) is 2.43. The molecule has 0 radical (unpaired) electrons. The maximum absolute atomic E-state index is 6.04. The van der Waals surface area contributed by atoms with Crippen LogP contribution in [-0.4, -0.2) is 46.1 Å². The summed E-state index contributed by atoms with van der Waals surface area (Å²) >= 11 is 10.1. The summed E-state index contributed by atoms with van der Waals surface area (Å²) in [6, 6.07) is 0. The van der Waals surface area contributed by atoms with Gasteiger partial charge in [0.25, 0.3) is 0 Å². The fourth-order valence-electron chi connectivity index (χ4n) is 1.48. The van der Waals surface area contributed by atoms with E-state index in [9.17, 15) is 0 Å². The summed E-state index contributed by atoms with van der Waals surface area (Å²) in [7, 11) is 1.79. The molecule has 0 aromatic carbocycles. The number of nitrogens with zero attached hydrogens (tertiary/aromatic N) is 2. The van der Waals surface area contributed by atoms with Crippen molar-refractivity contribution >= 4 is 46.9 Å². The Morgan fingerprint density at radius 3 is 3.12 bits per heavy atom. The van der Waals surface area contributed by atoms with Gasteiger partial charge in [0.15, 0.2) is 5.82 Å². The SMILES string of the molecule is CNc1ncc(Cl)c(NCC2CSCCS2)n1. The van der Waals surface area contributed by atoms with Gasteiger partial charge in [-0.2, -0.15) is 28.5 Å². The van der Waals surface area contributed by atoms with Crippen molar-refractivity contribution in [3.05, 3.63) is 11.2 Å². The fourth-order valence-corrected chi connectivity index (χ4v) is 4.25. The number of nitrogens with one attached hydrogen (secondary N) is 2. The van der Waals surface area contributed by atoms with Crippen LogP contribution in [0.25, 0.3) is 0 Å². The molecule has 1 fully saturated rings. The number of thioether (sulfide) groups is 2. The first-order valence-electron chi connectivity index (χ1n) is 5.43. The van der Waals surface area contributed by atoms with Crippen molar-refractivity contribution in [2.45, 2.75) is 5.25 Å². The molecule has 0 saturated carbocycles. The summed E-state index contributed by atoms with van der Waals surface area (Å²) in [6.45, 7) is 0.900. The lowest BCUT2D eigenvalue weighted by atomic mass is 10.4. The van der Waals surface area contributed by atoms with Crippen LogP contribution in [0.15, 0.2) is 6.20 Å². The van der Waals surface area contributed by atoms with Crippen molar-refractivity contribution in [1.82, 2.24) is 9.97 Å². The number of rotatable bonds is 4. The third-order valence-electron chi connectivity index (χ3n) is 2.35. The normalized spacial score (nSPS) is 20.0. The highest BCUT2D eigenvalue weighted by Gasteiger charge is 2.15. The average Bonchev–Trinajstić information content (AvgIpc) is 2.39. The minimum Gasteiger partial charge on any atom is -0.368 e. The molecule has 0 spiro atoms. The highest BCUT2D eigenvalue weighted by molar-refractivity contribution is 8.06. The number of halogens is 1. The Morgan fingerprint density at radius 1 is 1.53 bits per heavy atom. The van der Waals surface area contributed by atoms with Crippen LogP contribution in [0.3, 0.4) is 0 Å². The molecule has 1 aromatic rings. The van der Waals surface area contributed by atoms with Gasteiger partial charge < -0.3 is 10.6 Å². The summed E-state index contributed by atoms with van der Waals surface area (Å²) in [5.74, 6) is 4.99. The first kappa shape index (κ1) is 13.1. The molecule has 1 unspecified atom stereocenters. The van der Waals surface area contributed by atoms with Crippen molar-refractivity contribution in [2.75, 3.05) is 41.5 Å². The van der Waals surface area contributed by atoms with Crippen molar-refractivity contribution < 1.29 is 0 Å². The Labute approximate surface area is 115 Å². The van der Waals surface area contributed by atoms with E-state index in [0.29, 0.717) is 22.0 Å². The molecule has 1 aliphatic heterocycles. The molecule has 94 valence electrons. The number of aromatic nitrogens is 2. The predicted molar refractivity (Wildman–Crippen MR) is 78.6 cm³/mol. The van der Waals surface area contributed by atoms with E-state index in [4.69, 9.17) is 11.6 Å². The molecule has 17 heavy (non-hydrogen) atoms. The number of anilines is 2. The molecular formula is C10H15ClN4S2. The van der Waals surface area contributed by atoms with Crippen LogP contribution in [0.1, 0.15) is 0 Å². The maximum Gasteiger partial charge on any atom is 0.224 e. The lowest BCUT2D eigenvalue weighted by Gasteiger charge is -2.21. The van der Waals surface area contributed by atoms with Crippen molar-refractivity contribution in [3.63, 3.8) is 0 Å². The van der Waals surface area contributed by atoms with E-state index >= 15 is 0 Å². The topological polar surface area (TPSA) is 49.8 Å². The van der Waals surface area contributed by atoms with Gasteiger partial charge in [-0.15, -0.1) is 0 Å². The van der Waals surface area contributed by atoms with Crippen molar-refractivity contribution in [1.29, 1.82) is 0 Å². The lowest BCUT2D eigenvalue weighted by Crippen LogP contribution is -2.23. The Hall–Kier alpha value is -0.330. The highest BCUT2D eigenvalue weighted by Crippen LogP contribution is 2.25. The highest BCUT2D eigenvalue weighted by atomic mass is 35.5. The second-order valence-corrected chi connectivity index (χ2v) is 6.55. The summed E-state index contributed by atoms with van der Waals surface area (Å²) in [6.07, 6.45) is 1.62.